The van der Waals surface area contributed by atoms with Crippen molar-refractivity contribution in [3.05, 3.63) is 70.8 Å². The standard InChI is InChI=1S/C17H16O3/c1-12-6-8-13(9-7-12)10-16(18)15-5-3-2-4-14(15)11-17(19)20/h2-9H,10-11H2,1H3,(H,19,20). The van der Waals surface area contributed by atoms with E-state index in [1.54, 1.807) is 24.3 Å². The van der Waals surface area contributed by atoms with Gasteiger partial charge >= 0.3 is 5.97 Å². The Labute approximate surface area is 117 Å². The van der Waals surface area contributed by atoms with Crippen LogP contribution in [0, 0.1) is 6.92 Å². The van der Waals surface area contributed by atoms with Crippen molar-refractivity contribution < 1.29 is 14.7 Å². The first-order valence-corrected chi connectivity index (χ1v) is 6.44. The largest absolute Gasteiger partial charge is 0.481 e. The van der Waals surface area contributed by atoms with E-state index in [-0.39, 0.29) is 18.6 Å². The molecule has 102 valence electrons. The van der Waals surface area contributed by atoms with Gasteiger partial charge in [0.25, 0.3) is 0 Å². The molecule has 3 nitrogen and oxygen atoms in total. The highest BCUT2D eigenvalue weighted by Crippen LogP contribution is 2.14. The molecule has 0 aliphatic carbocycles. The fourth-order valence-corrected chi connectivity index (χ4v) is 2.10. The number of carbonyl (C=O) groups is 2. The first-order chi connectivity index (χ1) is 9.56. The van der Waals surface area contributed by atoms with Gasteiger partial charge in [-0.2, -0.15) is 0 Å². The van der Waals surface area contributed by atoms with Crippen molar-refractivity contribution in [2.45, 2.75) is 19.8 Å². The smallest absolute Gasteiger partial charge is 0.307 e. The van der Waals surface area contributed by atoms with E-state index >= 15 is 0 Å². The summed E-state index contributed by atoms with van der Waals surface area (Å²) in [6.45, 7) is 1.99. The van der Waals surface area contributed by atoms with E-state index in [9.17, 15) is 9.59 Å². The van der Waals surface area contributed by atoms with Gasteiger partial charge in [-0.25, -0.2) is 0 Å². The molecule has 0 atom stereocenters. The fraction of sp³-hybridized carbons (Fsp3) is 0.176. The Bertz CT molecular complexity index is 627. The van der Waals surface area contributed by atoms with Gasteiger partial charge in [-0.1, -0.05) is 54.1 Å². The number of aryl methyl sites for hydroxylation is 1. The molecule has 0 aliphatic rings. The van der Waals surface area contributed by atoms with Crippen LogP contribution in [0.4, 0.5) is 0 Å². The fourth-order valence-electron chi connectivity index (χ4n) is 2.10. The van der Waals surface area contributed by atoms with Gasteiger partial charge in [0.05, 0.1) is 6.42 Å². The second-order valence-electron chi connectivity index (χ2n) is 4.81. The summed E-state index contributed by atoms with van der Waals surface area (Å²) < 4.78 is 0. The van der Waals surface area contributed by atoms with Crippen LogP contribution in [0.15, 0.2) is 48.5 Å². The van der Waals surface area contributed by atoms with Crippen molar-refractivity contribution >= 4 is 11.8 Å². The SMILES string of the molecule is Cc1ccc(CC(=O)c2ccccc2CC(=O)O)cc1. The van der Waals surface area contributed by atoms with Crippen LogP contribution in [0.1, 0.15) is 27.0 Å². The molecule has 0 saturated heterocycles. The van der Waals surface area contributed by atoms with Crippen LogP contribution in [-0.2, 0) is 17.6 Å². The molecule has 2 rings (SSSR count). The van der Waals surface area contributed by atoms with Crippen molar-refractivity contribution in [1.29, 1.82) is 0 Å². The molecule has 0 unspecified atom stereocenters. The Hall–Kier alpha value is -2.42. The summed E-state index contributed by atoms with van der Waals surface area (Å²) in [7, 11) is 0. The summed E-state index contributed by atoms with van der Waals surface area (Å²) >= 11 is 0. The maximum atomic E-state index is 12.3. The molecular formula is C17H16O3. The molecule has 0 fully saturated rings. The van der Waals surface area contributed by atoms with Crippen molar-refractivity contribution in [1.82, 2.24) is 0 Å². The van der Waals surface area contributed by atoms with Gasteiger partial charge in [0.1, 0.15) is 0 Å². The normalized spacial score (nSPS) is 10.2. The van der Waals surface area contributed by atoms with Crippen LogP contribution in [0.5, 0.6) is 0 Å². The lowest BCUT2D eigenvalue weighted by Crippen LogP contribution is -2.10. The van der Waals surface area contributed by atoms with Gasteiger partial charge in [0.2, 0.25) is 0 Å². The minimum absolute atomic E-state index is 0.0503. The number of ketones is 1. The lowest BCUT2D eigenvalue weighted by molar-refractivity contribution is -0.136. The Balaban J connectivity index is 2.20. The lowest BCUT2D eigenvalue weighted by atomic mass is 9.96. The summed E-state index contributed by atoms with van der Waals surface area (Å²) in [5.41, 5.74) is 3.14. The van der Waals surface area contributed by atoms with Crippen LogP contribution in [0.25, 0.3) is 0 Å². The van der Waals surface area contributed by atoms with Crippen molar-refractivity contribution in [2.75, 3.05) is 0 Å². The Kier molecular flexibility index (Phi) is 4.31. The molecule has 0 heterocycles. The molecule has 2 aromatic rings. The second kappa shape index (κ2) is 6.15. The second-order valence-corrected chi connectivity index (χ2v) is 4.81. The summed E-state index contributed by atoms with van der Waals surface area (Å²) in [4.78, 5) is 23.1. The molecule has 0 saturated carbocycles. The number of carboxylic acids is 1. The van der Waals surface area contributed by atoms with Crippen molar-refractivity contribution in [2.24, 2.45) is 0 Å². The Morgan fingerprint density at radius 2 is 1.60 bits per heavy atom. The minimum atomic E-state index is -0.930. The number of carbonyl (C=O) groups excluding carboxylic acids is 1. The Morgan fingerprint density at radius 1 is 0.950 bits per heavy atom. The highest BCUT2D eigenvalue weighted by molar-refractivity contribution is 5.99. The number of hydrogen-bond acceptors (Lipinski definition) is 2. The molecule has 0 aromatic heterocycles. The van der Waals surface area contributed by atoms with E-state index in [1.807, 2.05) is 31.2 Å². The predicted octanol–water partition coefficient (Wildman–Crippen LogP) is 3.05. The van der Waals surface area contributed by atoms with Gasteiger partial charge in [-0.3, -0.25) is 9.59 Å². The summed E-state index contributed by atoms with van der Waals surface area (Å²) in [5, 5.41) is 8.88. The third-order valence-electron chi connectivity index (χ3n) is 3.14. The first-order valence-electron chi connectivity index (χ1n) is 6.44. The molecule has 0 aliphatic heterocycles. The maximum absolute atomic E-state index is 12.3. The van der Waals surface area contributed by atoms with E-state index in [0.717, 1.165) is 11.1 Å². The van der Waals surface area contributed by atoms with Gasteiger partial charge in [-0.05, 0) is 18.1 Å². The topological polar surface area (TPSA) is 54.4 Å². The van der Waals surface area contributed by atoms with E-state index < -0.39 is 5.97 Å². The van der Waals surface area contributed by atoms with Crippen molar-refractivity contribution in [3.63, 3.8) is 0 Å². The van der Waals surface area contributed by atoms with E-state index in [1.165, 1.54) is 0 Å². The van der Waals surface area contributed by atoms with E-state index in [0.29, 0.717) is 11.1 Å². The van der Waals surface area contributed by atoms with Crippen LogP contribution >= 0.6 is 0 Å². The summed E-state index contributed by atoms with van der Waals surface area (Å²) in [5.74, 6) is -0.980. The van der Waals surface area contributed by atoms with Gasteiger partial charge in [0.15, 0.2) is 5.78 Å². The van der Waals surface area contributed by atoms with Gasteiger partial charge in [0, 0.05) is 12.0 Å². The number of Topliss-reactive ketones (excluding diaryl/α,β-unsaturated/α-hetero) is 1. The zero-order valence-corrected chi connectivity index (χ0v) is 11.3. The van der Waals surface area contributed by atoms with Crippen LogP contribution in [0.3, 0.4) is 0 Å². The third-order valence-corrected chi connectivity index (χ3v) is 3.14. The quantitative estimate of drug-likeness (QED) is 0.848. The predicted molar refractivity (Wildman–Crippen MR) is 77.0 cm³/mol. The molecule has 0 radical (unpaired) electrons. The molecule has 1 N–H and O–H groups in total. The molecule has 0 amide bonds. The summed E-state index contributed by atoms with van der Waals surface area (Å²) in [6, 6.07) is 14.7. The van der Waals surface area contributed by atoms with E-state index in [4.69, 9.17) is 5.11 Å². The van der Waals surface area contributed by atoms with Crippen LogP contribution in [0.2, 0.25) is 0 Å². The maximum Gasteiger partial charge on any atom is 0.307 e. The average molecular weight is 268 g/mol. The molecule has 0 bridgehead atoms. The van der Waals surface area contributed by atoms with Gasteiger partial charge in [-0.15, -0.1) is 0 Å². The zero-order chi connectivity index (χ0) is 14.5. The zero-order valence-electron chi connectivity index (χ0n) is 11.3. The molecule has 2 aromatic carbocycles. The molecule has 0 spiro atoms. The summed E-state index contributed by atoms with van der Waals surface area (Å²) in [6.07, 6.45) is 0.159. The van der Waals surface area contributed by atoms with Crippen LogP contribution in [-0.4, -0.2) is 16.9 Å². The number of benzene rings is 2. The Morgan fingerprint density at radius 3 is 2.25 bits per heavy atom. The highest BCUT2D eigenvalue weighted by atomic mass is 16.4. The molecule has 20 heavy (non-hydrogen) atoms. The number of aliphatic carboxylic acids is 1. The number of hydrogen-bond donors (Lipinski definition) is 1. The number of carboxylic acid groups (broad SMARTS) is 1. The first kappa shape index (κ1) is 14.0. The van der Waals surface area contributed by atoms with Gasteiger partial charge < -0.3 is 5.11 Å². The van der Waals surface area contributed by atoms with E-state index in [2.05, 4.69) is 0 Å². The van der Waals surface area contributed by atoms with Crippen molar-refractivity contribution in [3.8, 4) is 0 Å². The monoisotopic (exact) mass is 268 g/mol. The minimum Gasteiger partial charge on any atom is -0.481 e. The lowest BCUT2D eigenvalue weighted by Gasteiger charge is -2.07. The molecule has 3 heteroatoms. The molecular weight excluding hydrogens is 252 g/mol. The highest BCUT2D eigenvalue weighted by Gasteiger charge is 2.13. The number of rotatable bonds is 5. The average Bonchev–Trinajstić information content (AvgIpc) is 2.41. The third kappa shape index (κ3) is 3.54. The van der Waals surface area contributed by atoms with Crippen LogP contribution < -0.4 is 0 Å².